The summed E-state index contributed by atoms with van der Waals surface area (Å²) >= 11 is 11.9. The first kappa shape index (κ1) is 18.3. The number of carbonyl (C=O) groups is 1. The number of carbonyl (C=O) groups excluding carboxylic acids is 1. The smallest absolute Gasteiger partial charge is 0.349 e. The molecule has 26 heavy (non-hydrogen) atoms. The third kappa shape index (κ3) is 5.01. The summed E-state index contributed by atoms with van der Waals surface area (Å²) in [5, 5.41) is 0.749. The molecular weight excluding hydrogens is 371 g/mol. The van der Waals surface area contributed by atoms with Crippen molar-refractivity contribution in [3.05, 3.63) is 94.0 Å². The average Bonchev–Trinajstić information content (AvgIpc) is 2.65. The maximum Gasteiger partial charge on any atom is 0.349 e. The van der Waals surface area contributed by atoms with Gasteiger partial charge < -0.3 is 9.47 Å². The fraction of sp³-hybridized carbons (Fsp3) is 0.0952. The highest BCUT2D eigenvalue weighted by Crippen LogP contribution is 2.28. The van der Waals surface area contributed by atoms with Crippen LogP contribution >= 0.6 is 23.2 Å². The van der Waals surface area contributed by atoms with E-state index in [-0.39, 0.29) is 12.4 Å². The van der Waals surface area contributed by atoms with Gasteiger partial charge in [0.05, 0.1) is 5.02 Å². The lowest BCUT2D eigenvalue weighted by molar-refractivity contribution is -0.136. The second-order valence-corrected chi connectivity index (χ2v) is 6.45. The average molecular weight is 387 g/mol. The number of esters is 1. The van der Waals surface area contributed by atoms with Gasteiger partial charge in [0.2, 0.25) is 0 Å². The van der Waals surface area contributed by atoms with E-state index < -0.39 is 5.97 Å². The summed E-state index contributed by atoms with van der Waals surface area (Å²) in [6.45, 7) is -0.228. The lowest BCUT2D eigenvalue weighted by Crippen LogP contribution is -2.18. The van der Waals surface area contributed by atoms with Gasteiger partial charge in [-0.1, -0.05) is 71.7 Å². The van der Waals surface area contributed by atoms with Crippen LogP contribution in [0, 0.1) is 0 Å². The molecule has 3 nitrogen and oxygen atoms in total. The predicted octanol–water partition coefficient (Wildman–Crippen LogP) is 5.57. The van der Waals surface area contributed by atoms with Gasteiger partial charge in [-0.25, -0.2) is 4.79 Å². The Bertz CT molecular complexity index is 895. The lowest BCUT2D eigenvalue weighted by atomic mass is 10.0. The molecule has 3 aromatic rings. The molecule has 0 atom stereocenters. The van der Waals surface area contributed by atoms with Gasteiger partial charge in [0, 0.05) is 17.5 Å². The van der Waals surface area contributed by atoms with E-state index in [2.05, 4.69) is 0 Å². The summed E-state index contributed by atoms with van der Waals surface area (Å²) < 4.78 is 10.9. The summed E-state index contributed by atoms with van der Waals surface area (Å²) in [6, 6.07) is 22.3. The molecule has 0 saturated carbocycles. The monoisotopic (exact) mass is 386 g/mol. The van der Waals surface area contributed by atoms with Crippen molar-refractivity contribution in [1.29, 1.82) is 0 Å². The molecule has 0 spiro atoms. The summed E-state index contributed by atoms with van der Waals surface area (Å²) in [7, 11) is 0. The zero-order chi connectivity index (χ0) is 18.4. The van der Waals surface area contributed by atoms with Crippen molar-refractivity contribution in [3.8, 4) is 11.5 Å². The molecular formula is C21H16Cl2O3. The van der Waals surface area contributed by atoms with Crippen LogP contribution in [0.4, 0.5) is 0 Å². The van der Waals surface area contributed by atoms with Gasteiger partial charge >= 0.3 is 5.97 Å². The SMILES string of the molecule is O=C(COc1ccccc1Cc1ccccc1)Oc1cc(Cl)ccc1Cl. The molecule has 5 heteroatoms. The lowest BCUT2D eigenvalue weighted by Gasteiger charge is -2.12. The summed E-state index contributed by atoms with van der Waals surface area (Å²) in [6.07, 6.45) is 0.714. The Labute approximate surface area is 162 Å². The highest BCUT2D eigenvalue weighted by atomic mass is 35.5. The van der Waals surface area contributed by atoms with Crippen molar-refractivity contribution in [2.24, 2.45) is 0 Å². The normalized spacial score (nSPS) is 10.4. The molecule has 0 radical (unpaired) electrons. The molecule has 3 aromatic carbocycles. The molecule has 0 amide bonds. The minimum Gasteiger partial charge on any atom is -0.482 e. The van der Waals surface area contributed by atoms with Gasteiger partial charge in [0.1, 0.15) is 5.75 Å². The summed E-state index contributed by atoms with van der Waals surface area (Å²) in [5.74, 6) is 0.305. The molecule has 3 rings (SSSR count). The van der Waals surface area contributed by atoms with Crippen molar-refractivity contribution >= 4 is 29.2 Å². The second-order valence-electron chi connectivity index (χ2n) is 5.61. The minimum atomic E-state index is -0.552. The number of ether oxygens (including phenoxy) is 2. The van der Waals surface area contributed by atoms with E-state index >= 15 is 0 Å². The third-order valence-electron chi connectivity index (χ3n) is 3.67. The van der Waals surface area contributed by atoms with Crippen molar-refractivity contribution in [3.63, 3.8) is 0 Å². The molecule has 0 fully saturated rings. The Hall–Kier alpha value is -2.49. The van der Waals surface area contributed by atoms with Crippen LogP contribution in [0.3, 0.4) is 0 Å². The standard InChI is InChI=1S/C21H16Cl2O3/c22-17-10-11-18(23)20(13-17)26-21(24)14-25-19-9-5-4-8-16(19)12-15-6-2-1-3-7-15/h1-11,13H,12,14H2. The molecule has 0 N–H and O–H groups in total. The predicted molar refractivity (Wildman–Crippen MR) is 103 cm³/mol. The van der Waals surface area contributed by atoms with Crippen molar-refractivity contribution in [1.82, 2.24) is 0 Å². The van der Waals surface area contributed by atoms with Crippen molar-refractivity contribution < 1.29 is 14.3 Å². The van der Waals surface area contributed by atoms with E-state index in [4.69, 9.17) is 32.7 Å². The Kier molecular flexibility index (Phi) is 6.16. The van der Waals surface area contributed by atoms with Crippen molar-refractivity contribution in [2.75, 3.05) is 6.61 Å². The van der Waals surface area contributed by atoms with Gasteiger partial charge in [0.25, 0.3) is 0 Å². The van der Waals surface area contributed by atoms with E-state index in [1.165, 1.54) is 6.07 Å². The highest BCUT2D eigenvalue weighted by Gasteiger charge is 2.12. The summed E-state index contributed by atoms with van der Waals surface area (Å²) in [5.41, 5.74) is 2.16. The molecule has 0 aliphatic rings. The third-order valence-corrected chi connectivity index (χ3v) is 4.22. The molecule has 0 aliphatic carbocycles. The Morgan fingerprint density at radius 2 is 1.58 bits per heavy atom. The first-order chi connectivity index (χ1) is 12.6. The Balaban J connectivity index is 1.64. The first-order valence-corrected chi connectivity index (χ1v) is 8.78. The first-order valence-electron chi connectivity index (χ1n) is 8.02. The topological polar surface area (TPSA) is 35.5 Å². The molecule has 0 saturated heterocycles. The molecule has 0 aromatic heterocycles. The van der Waals surface area contributed by atoms with Gasteiger partial charge in [0.15, 0.2) is 12.4 Å². The number of rotatable bonds is 6. The fourth-order valence-electron chi connectivity index (χ4n) is 2.45. The van der Waals surface area contributed by atoms with Gasteiger partial charge in [-0.15, -0.1) is 0 Å². The van der Waals surface area contributed by atoms with Gasteiger partial charge in [-0.3, -0.25) is 0 Å². The maximum atomic E-state index is 12.1. The van der Waals surface area contributed by atoms with Crippen LogP contribution in [0.2, 0.25) is 10.0 Å². The molecule has 0 heterocycles. The quantitative estimate of drug-likeness (QED) is 0.410. The van der Waals surface area contributed by atoms with E-state index in [9.17, 15) is 4.79 Å². The van der Waals surface area contributed by atoms with Crippen molar-refractivity contribution in [2.45, 2.75) is 6.42 Å². The maximum absolute atomic E-state index is 12.1. The van der Waals surface area contributed by atoms with Crippen LogP contribution in [0.1, 0.15) is 11.1 Å². The van der Waals surface area contributed by atoms with Crippen LogP contribution in [0.5, 0.6) is 11.5 Å². The number of benzene rings is 3. The van der Waals surface area contributed by atoms with Crippen LogP contribution in [0.15, 0.2) is 72.8 Å². The fourth-order valence-corrected chi connectivity index (χ4v) is 2.77. The number of hydrogen-bond acceptors (Lipinski definition) is 3. The van der Waals surface area contributed by atoms with Gasteiger partial charge in [-0.2, -0.15) is 0 Å². The van der Waals surface area contributed by atoms with E-state index in [0.717, 1.165) is 11.1 Å². The Morgan fingerprint density at radius 1 is 0.846 bits per heavy atom. The van der Waals surface area contributed by atoms with E-state index in [0.29, 0.717) is 22.2 Å². The molecule has 0 aliphatic heterocycles. The van der Waals surface area contributed by atoms with Crippen LogP contribution < -0.4 is 9.47 Å². The second kappa shape index (κ2) is 8.75. The number of halogens is 2. The van der Waals surface area contributed by atoms with Gasteiger partial charge in [-0.05, 0) is 29.3 Å². The Morgan fingerprint density at radius 3 is 2.38 bits per heavy atom. The highest BCUT2D eigenvalue weighted by molar-refractivity contribution is 6.34. The van der Waals surface area contributed by atoms with Crippen LogP contribution in [-0.2, 0) is 11.2 Å². The zero-order valence-corrected chi connectivity index (χ0v) is 15.3. The summed E-state index contributed by atoms with van der Waals surface area (Å²) in [4.78, 5) is 12.1. The van der Waals surface area contributed by atoms with E-state index in [1.807, 2.05) is 54.6 Å². The minimum absolute atomic E-state index is 0.213. The number of hydrogen-bond donors (Lipinski definition) is 0. The molecule has 132 valence electrons. The number of para-hydroxylation sites is 1. The molecule has 0 bridgehead atoms. The molecule has 0 unspecified atom stereocenters. The van der Waals surface area contributed by atoms with Crippen LogP contribution in [0.25, 0.3) is 0 Å². The largest absolute Gasteiger partial charge is 0.482 e. The van der Waals surface area contributed by atoms with E-state index in [1.54, 1.807) is 12.1 Å². The zero-order valence-electron chi connectivity index (χ0n) is 13.8. The van der Waals surface area contributed by atoms with Crippen LogP contribution in [-0.4, -0.2) is 12.6 Å².